The van der Waals surface area contributed by atoms with Gasteiger partial charge >= 0.3 is 6.03 Å². The second-order valence-electron chi connectivity index (χ2n) is 6.72. The van der Waals surface area contributed by atoms with Crippen LogP contribution in [0.3, 0.4) is 0 Å². The molecular formula is C20H17F3N4O2. The van der Waals surface area contributed by atoms with Gasteiger partial charge in [-0.2, -0.15) is 4.98 Å². The fourth-order valence-electron chi connectivity index (χ4n) is 3.30. The smallest absolute Gasteiger partial charge is 0.322 e. The van der Waals surface area contributed by atoms with Crippen molar-refractivity contribution in [2.24, 2.45) is 0 Å². The monoisotopic (exact) mass is 402 g/mol. The first-order valence-corrected chi connectivity index (χ1v) is 9.13. The number of benzene rings is 2. The van der Waals surface area contributed by atoms with Crippen LogP contribution in [0.5, 0.6) is 0 Å². The van der Waals surface area contributed by atoms with Crippen molar-refractivity contribution in [3.05, 3.63) is 65.8 Å². The normalized spacial score (nSPS) is 16.7. The number of nitrogens with one attached hydrogen (secondary N) is 1. The van der Waals surface area contributed by atoms with Gasteiger partial charge in [0.2, 0.25) is 11.7 Å². The van der Waals surface area contributed by atoms with Gasteiger partial charge in [-0.3, -0.25) is 0 Å². The van der Waals surface area contributed by atoms with Crippen LogP contribution >= 0.6 is 0 Å². The Hall–Kier alpha value is -3.36. The molecule has 2 amide bonds. The minimum atomic E-state index is -0.858. The van der Waals surface area contributed by atoms with E-state index in [0.717, 1.165) is 18.9 Å². The van der Waals surface area contributed by atoms with Crippen LogP contribution in [0.25, 0.3) is 11.4 Å². The molecule has 4 rings (SSSR count). The van der Waals surface area contributed by atoms with Crippen LogP contribution in [0.15, 0.2) is 47.0 Å². The van der Waals surface area contributed by atoms with E-state index >= 15 is 0 Å². The van der Waals surface area contributed by atoms with E-state index in [4.69, 9.17) is 4.52 Å². The Balaban J connectivity index is 1.54. The number of amides is 2. The lowest BCUT2D eigenvalue weighted by Gasteiger charge is -2.33. The first kappa shape index (κ1) is 19.0. The molecule has 6 nitrogen and oxygen atoms in total. The molecular weight excluding hydrogens is 385 g/mol. The summed E-state index contributed by atoms with van der Waals surface area (Å²) in [5.41, 5.74) is 0.472. The van der Waals surface area contributed by atoms with Gasteiger partial charge in [-0.05, 0) is 55.7 Å². The van der Waals surface area contributed by atoms with Crippen LogP contribution in [0, 0.1) is 17.5 Å². The molecule has 9 heteroatoms. The number of hydrogen-bond acceptors (Lipinski definition) is 4. The molecule has 3 aromatic rings. The molecule has 0 radical (unpaired) electrons. The van der Waals surface area contributed by atoms with Gasteiger partial charge in [0, 0.05) is 18.2 Å². The van der Waals surface area contributed by atoms with Gasteiger partial charge in [0.05, 0.1) is 5.69 Å². The zero-order valence-electron chi connectivity index (χ0n) is 15.2. The van der Waals surface area contributed by atoms with Gasteiger partial charge in [-0.15, -0.1) is 0 Å². The van der Waals surface area contributed by atoms with E-state index < -0.39 is 23.7 Å². The molecule has 1 aliphatic rings. The Morgan fingerprint density at radius 2 is 1.83 bits per heavy atom. The fourth-order valence-corrected chi connectivity index (χ4v) is 3.30. The Morgan fingerprint density at radius 3 is 2.59 bits per heavy atom. The lowest BCUT2D eigenvalue weighted by atomic mass is 10.0. The highest BCUT2D eigenvalue weighted by atomic mass is 19.1. The maximum Gasteiger partial charge on any atom is 0.322 e. The Kier molecular flexibility index (Phi) is 5.20. The molecule has 1 unspecified atom stereocenters. The van der Waals surface area contributed by atoms with E-state index in [1.165, 1.54) is 35.2 Å². The number of carbonyl (C=O) groups excluding carboxylic acids is 1. The maximum atomic E-state index is 13.9. The summed E-state index contributed by atoms with van der Waals surface area (Å²) in [6.07, 6.45) is 2.23. The van der Waals surface area contributed by atoms with Crippen molar-refractivity contribution in [1.29, 1.82) is 0 Å². The largest absolute Gasteiger partial charge is 0.337 e. The van der Waals surface area contributed by atoms with Crippen LogP contribution in [-0.2, 0) is 0 Å². The van der Waals surface area contributed by atoms with Gasteiger partial charge in [0.25, 0.3) is 0 Å². The van der Waals surface area contributed by atoms with Crippen molar-refractivity contribution in [2.75, 3.05) is 11.9 Å². The molecule has 0 bridgehead atoms. The minimum absolute atomic E-state index is 0.113. The van der Waals surface area contributed by atoms with E-state index in [0.29, 0.717) is 24.6 Å². The molecule has 1 fully saturated rings. The highest BCUT2D eigenvalue weighted by molar-refractivity contribution is 5.89. The summed E-state index contributed by atoms with van der Waals surface area (Å²) in [6.45, 7) is 0.424. The third-order valence-electron chi connectivity index (χ3n) is 4.77. The molecule has 1 saturated heterocycles. The lowest BCUT2D eigenvalue weighted by molar-refractivity contribution is 0.142. The first-order chi connectivity index (χ1) is 14.0. The standard InChI is InChI=1S/C20H17F3N4O2/c21-13-6-4-12(5-7-13)18-25-19(29-26-18)17-3-1-2-10-27(17)20(28)24-16-9-8-14(22)11-15(16)23/h4-9,11,17H,1-3,10H2,(H,24,28). The summed E-state index contributed by atoms with van der Waals surface area (Å²) in [7, 11) is 0. The molecule has 0 saturated carbocycles. The highest BCUT2D eigenvalue weighted by Gasteiger charge is 2.32. The molecule has 0 aliphatic carbocycles. The molecule has 150 valence electrons. The SMILES string of the molecule is O=C(Nc1ccc(F)cc1F)N1CCCCC1c1nc(-c2ccc(F)cc2)no1. The lowest BCUT2D eigenvalue weighted by Crippen LogP contribution is -2.41. The quantitative estimate of drug-likeness (QED) is 0.676. The molecule has 2 aromatic carbocycles. The number of urea groups is 1. The molecule has 1 N–H and O–H groups in total. The Labute approximate surface area is 164 Å². The second kappa shape index (κ2) is 7.94. The highest BCUT2D eigenvalue weighted by Crippen LogP contribution is 2.32. The predicted molar refractivity (Wildman–Crippen MR) is 98.4 cm³/mol. The van der Waals surface area contributed by atoms with E-state index in [-0.39, 0.29) is 23.2 Å². The Bertz CT molecular complexity index is 1020. The number of piperidine rings is 1. The maximum absolute atomic E-state index is 13.9. The van der Waals surface area contributed by atoms with Crippen molar-refractivity contribution in [1.82, 2.24) is 15.0 Å². The number of hydrogen-bond donors (Lipinski definition) is 1. The number of anilines is 1. The van der Waals surface area contributed by atoms with Gasteiger partial charge < -0.3 is 14.7 Å². The number of aromatic nitrogens is 2. The fraction of sp³-hybridized carbons (Fsp3) is 0.250. The molecule has 1 aliphatic heterocycles. The summed E-state index contributed by atoms with van der Waals surface area (Å²) >= 11 is 0. The van der Waals surface area contributed by atoms with Crippen LogP contribution in [0.1, 0.15) is 31.2 Å². The van der Waals surface area contributed by atoms with E-state index in [2.05, 4.69) is 15.5 Å². The van der Waals surface area contributed by atoms with E-state index in [1.54, 1.807) is 0 Å². The summed E-state index contributed by atoms with van der Waals surface area (Å²) in [5.74, 6) is -1.42. The molecule has 2 heterocycles. The number of nitrogens with zero attached hydrogens (tertiary/aromatic N) is 3. The van der Waals surface area contributed by atoms with Gasteiger partial charge in [0.15, 0.2) is 0 Å². The summed E-state index contributed by atoms with van der Waals surface area (Å²) in [6, 6.07) is 7.58. The zero-order chi connectivity index (χ0) is 20.4. The van der Waals surface area contributed by atoms with Crippen LogP contribution in [0.2, 0.25) is 0 Å². The van der Waals surface area contributed by atoms with Crippen molar-refractivity contribution >= 4 is 11.7 Å². The average molecular weight is 402 g/mol. The van der Waals surface area contributed by atoms with Gasteiger partial charge in [0.1, 0.15) is 23.5 Å². The summed E-state index contributed by atoms with van der Waals surface area (Å²) in [5, 5.41) is 6.39. The van der Waals surface area contributed by atoms with Gasteiger partial charge in [-0.1, -0.05) is 5.16 Å². The molecule has 1 aromatic heterocycles. The third kappa shape index (κ3) is 4.08. The first-order valence-electron chi connectivity index (χ1n) is 9.13. The average Bonchev–Trinajstić information content (AvgIpc) is 3.20. The van der Waals surface area contributed by atoms with Crippen molar-refractivity contribution < 1.29 is 22.5 Å². The molecule has 29 heavy (non-hydrogen) atoms. The number of halogens is 3. The predicted octanol–water partition coefficient (Wildman–Crippen LogP) is 4.91. The summed E-state index contributed by atoms with van der Waals surface area (Å²) < 4.78 is 45.4. The summed E-state index contributed by atoms with van der Waals surface area (Å²) in [4.78, 5) is 18.6. The number of likely N-dealkylation sites (tertiary alicyclic amines) is 1. The van der Waals surface area contributed by atoms with Crippen molar-refractivity contribution in [3.63, 3.8) is 0 Å². The van der Waals surface area contributed by atoms with Crippen LogP contribution in [-0.4, -0.2) is 27.6 Å². The molecule has 1 atom stereocenters. The topological polar surface area (TPSA) is 71.3 Å². The minimum Gasteiger partial charge on any atom is -0.337 e. The van der Waals surface area contributed by atoms with Crippen molar-refractivity contribution in [2.45, 2.75) is 25.3 Å². The zero-order valence-corrected chi connectivity index (χ0v) is 15.2. The van der Waals surface area contributed by atoms with Crippen LogP contribution < -0.4 is 5.32 Å². The van der Waals surface area contributed by atoms with E-state index in [9.17, 15) is 18.0 Å². The van der Waals surface area contributed by atoms with Gasteiger partial charge in [-0.25, -0.2) is 18.0 Å². The number of carbonyl (C=O) groups is 1. The number of rotatable bonds is 3. The Morgan fingerprint density at radius 1 is 1.07 bits per heavy atom. The van der Waals surface area contributed by atoms with Crippen LogP contribution in [0.4, 0.5) is 23.7 Å². The van der Waals surface area contributed by atoms with Crippen molar-refractivity contribution in [3.8, 4) is 11.4 Å². The third-order valence-corrected chi connectivity index (χ3v) is 4.77. The molecule has 0 spiro atoms. The van der Waals surface area contributed by atoms with E-state index in [1.807, 2.05) is 0 Å². The second-order valence-corrected chi connectivity index (χ2v) is 6.72.